The Kier molecular flexibility index (Phi) is 4.38. The van der Waals surface area contributed by atoms with Crippen molar-refractivity contribution in [2.24, 2.45) is 0 Å². The van der Waals surface area contributed by atoms with Gasteiger partial charge in [0.2, 0.25) is 0 Å². The van der Waals surface area contributed by atoms with Crippen LogP contribution in [0.4, 0.5) is 10.6 Å². The van der Waals surface area contributed by atoms with Gasteiger partial charge in [0.15, 0.2) is 5.82 Å². The van der Waals surface area contributed by atoms with Crippen molar-refractivity contribution in [2.75, 3.05) is 5.32 Å². The van der Waals surface area contributed by atoms with Gasteiger partial charge >= 0.3 is 6.03 Å². The number of anilines is 1. The molecule has 0 radical (unpaired) electrons. The number of nitrogens with zero attached hydrogens (tertiary/aromatic N) is 1. The Morgan fingerprint density at radius 3 is 2.04 bits per heavy atom. The highest BCUT2D eigenvalue weighted by Crippen LogP contribution is 2.21. The minimum absolute atomic E-state index is 0.245. The standard InChI is InChI=1S/C18H17N3O2/c1-13-12-16(21-23-13)19-18(22)20-17(14-8-4-2-5-9-14)15-10-6-3-7-11-15/h2-12,17H,1H3,(H2,19,20,21,22). The smallest absolute Gasteiger partial charge is 0.321 e. The van der Waals surface area contributed by atoms with Gasteiger partial charge in [0.25, 0.3) is 0 Å². The highest BCUT2D eigenvalue weighted by molar-refractivity contribution is 5.88. The fraction of sp³-hybridized carbons (Fsp3) is 0.111. The van der Waals surface area contributed by atoms with Crippen LogP contribution in [0, 0.1) is 6.92 Å². The Balaban J connectivity index is 1.80. The monoisotopic (exact) mass is 307 g/mol. The summed E-state index contributed by atoms with van der Waals surface area (Å²) in [6.07, 6.45) is 0. The fourth-order valence-electron chi connectivity index (χ4n) is 2.36. The molecule has 5 nitrogen and oxygen atoms in total. The van der Waals surface area contributed by atoms with Crippen LogP contribution in [-0.4, -0.2) is 11.2 Å². The van der Waals surface area contributed by atoms with E-state index >= 15 is 0 Å². The molecule has 3 rings (SSSR count). The normalized spacial score (nSPS) is 10.5. The Morgan fingerprint density at radius 1 is 1.00 bits per heavy atom. The van der Waals surface area contributed by atoms with Gasteiger partial charge in [0.1, 0.15) is 5.76 Å². The van der Waals surface area contributed by atoms with Crippen molar-refractivity contribution < 1.29 is 9.32 Å². The SMILES string of the molecule is Cc1cc(NC(=O)NC(c2ccccc2)c2ccccc2)no1. The van der Waals surface area contributed by atoms with E-state index in [1.807, 2.05) is 60.7 Å². The second kappa shape index (κ2) is 6.79. The fourth-order valence-corrected chi connectivity index (χ4v) is 2.36. The molecule has 0 saturated heterocycles. The Hall–Kier alpha value is -3.08. The van der Waals surface area contributed by atoms with Crippen molar-refractivity contribution in [3.8, 4) is 0 Å². The number of hydrogen-bond acceptors (Lipinski definition) is 3. The van der Waals surface area contributed by atoms with E-state index in [2.05, 4.69) is 15.8 Å². The molecule has 0 saturated carbocycles. The van der Waals surface area contributed by atoms with Crippen LogP contribution in [0.5, 0.6) is 0 Å². The van der Waals surface area contributed by atoms with Crippen molar-refractivity contribution in [2.45, 2.75) is 13.0 Å². The zero-order valence-electron chi connectivity index (χ0n) is 12.7. The summed E-state index contributed by atoms with van der Waals surface area (Å²) in [7, 11) is 0. The van der Waals surface area contributed by atoms with Crippen molar-refractivity contribution in [3.05, 3.63) is 83.6 Å². The van der Waals surface area contributed by atoms with E-state index in [0.29, 0.717) is 11.6 Å². The highest BCUT2D eigenvalue weighted by Gasteiger charge is 2.17. The molecule has 23 heavy (non-hydrogen) atoms. The average Bonchev–Trinajstić information content (AvgIpc) is 2.99. The summed E-state index contributed by atoms with van der Waals surface area (Å²) in [6, 6.07) is 20.7. The first-order valence-electron chi connectivity index (χ1n) is 7.33. The molecule has 0 aliphatic heterocycles. The number of amides is 2. The predicted octanol–water partition coefficient (Wildman–Crippen LogP) is 3.89. The van der Waals surface area contributed by atoms with Crippen LogP contribution in [0.3, 0.4) is 0 Å². The maximum absolute atomic E-state index is 12.3. The lowest BCUT2D eigenvalue weighted by Gasteiger charge is -2.19. The lowest BCUT2D eigenvalue weighted by molar-refractivity contribution is 0.250. The van der Waals surface area contributed by atoms with Crippen LogP contribution >= 0.6 is 0 Å². The average molecular weight is 307 g/mol. The molecule has 0 aliphatic carbocycles. The summed E-state index contributed by atoms with van der Waals surface area (Å²) in [5, 5.41) is 9.42. The van der Waals surface area contributed by atoms with E-state index in [1.54, 1.807) is 13.0 Å². The van der Waals surface area contributed by atoms with Crippen LogP contribution in [-0.2, 0) is 0 Å². The molecule has 2 aromatic carbocycles. The van der Waals surface area contributed by atoms with Gasteiger partial charge in [-0.3, -0.25) is 5.32 Å². The van der Waals surface area contributed by atoms with E-state index in [0.717, 1.165) is 11.1 Å². The molecule has 0 spiro atoms. The third kappa shape index (κ3) is 3.77. The zero-order valence-corrected chi connectivity index (χ0v) is 12.7. The molecule has 2 N–H and O–H groups in total. The topological polar surface area (TPSA) is 67.2 Å². The van der Waals surface area contributed by atoms with Crippen LogP contribution in [0.15, 0.2) is 71.3 Å². The molecule has 1 heterocycles. The largest absolute Gasteiger partial charge is 0.360 e. The zero-order chi connectivity index (χ0) is 16.1. The van der Waals surface area contributed by atoms with Crippen molar-refractivity contribution >= 4 is 11.8 Å². The first kappa shape index (κ1) is 14.8. The van der Waals surface area contributed by atoms with Gasteiger partial charge in [-0.1, -0.05) is 65.8 Å². The number of hydrogen-bond donors (Lipinski definition) is 2. The van der Waals surface area contributed by atoms with Gasteiger partial charge in [-0.25, -0.2) is 4.79 Å². The highest BCUT2D eigenvalue weighted by atomic mass is 16.5. The molecule has 3 aromatic rings. The summed E-state index contributed by atoms with van der Waals surface area (Å²) in [5.41, 5.74) is 2.01. The minimum atomic E-state index is -0.337. The van der Waals surface area contributed by atoms with Gasteiger partial charge in [-0.15, -0.1) is 0 Å². The lowest BCUT2D eigenvalue weighted by atomic mass is 9.99. The lowest BCUT2D eigenvalue weighted by Crippen LogP contribution is -2.33. The molecule has 0 bridgehead atoms. The van der Waals surface area contributed by atoms with E-state index in [9.17, 15) is 4.79 Å². The summed E-state index contributed by atoms with van der Waals surface area (Å²) in [6.45, 7) is 1.77. The summed E-state index contributed by atoms with van der Waals surface area (Å²) >= 11 is 0. The predicted molar refractivity (Wildman–Crippen MR) is 88.1 cm³/mol. The number of carbonyl (C=O) groups is 1. The van der Waals surface area contributed by atoms with E-state index < -0.39 is 0 Å². The second-order valence-corrected chi connectivity index (χ2v) is 5.18. The van der Waals surface area contributed by atoms with Crippen LogP contribution in [0.25, 0.3) is 0 Å². The van der Waals surface area contributed by atoms with Crippen molar-refractivity contribution in [3.63, 3.8) is 0 Å². The third-order valence-electron chi connectivity index (χ3n) is 3.41. The Morgan fingerprint density at radius 2 is 1.57 bits per heavy atom. The third-order valence-corrected chi connectivity index (χ3v) is 3.41. The summed E-state index contributed by atoms with van der Waals surface area (Å²) in [4.78, 5) is 12.3. The van der Waals surface area contributed by atoms with E-state index in [4.69, 9.17) is 4.52 Å². The van der Waals surface area contributed by atoms with Gasteiger partial charge in [0, 0.05) is 6.07 Å². The minimum Gasteiger partial charge on any atom is -0.360 e. The van der Waals surface area contributed by atoms with Gasteiger partial charge in [-0.05, 0) is 18.1 Å². The van der Waals surface area contributed by atoms with Crippen molar-refractivity contribution in [1.29, 1.82) is 0 Å². The maximum Gasteiger partial charge on any atom is 0.321 e. The van der Waals surface area contributed by atoms with Gasteiger partial charge < -0.3 is 9.84 Å². The van der Waals surface area contributed by atoms with E-state index in [-0.39, 0.29) is 12.1 Å². The number of rotatable bonds is 4. The molecular weight excluding hydrogens is 290 g/mol. The number of benzene rings is 2. The molecular formula is C18H17N3O2. The first-order chi connectivity index (χ1) is 11.2. The maximum atomic E-state index is 12.3. The van der Waals surface area contributed by atoms with Crippen molar-refractivity contribution in [1.82, 2.24) is 10.5 Å². The quantitative estimate of drug-likeness (QED) is 0.768. The summed E-state index contributed by atoms with van der Waals surface area (Å²) in [5.74, 6) is 1.03. The number of carbonyl (C=O) groups excluding carboxylic acids is 1. The van der Waals surface area contributed by atoms with Gasteiger partial charge in [0.05, 0.1) is 6.04 Å². The van der Waals surface area contributed by atoms with Gasteiger partial charge in [-0.2, -0.15) is 0 Å². The summed E-state index contributed by atoms with van der Waals surface area (Å²) < 4.78 is 4.95. The number of urea groups is 1. The Bertz CT molecular complexity index is 730. The molecule has 0 unspecified atom stereocenters. The first-order valence-corrected chi connectivity index (χ1v) is 7.33. The van der Waals surface area contributed by atoms with E-state index in [1.165, 1.54) is 0 Å². The number of aromatic nitrogens is 1. The van der Waals surface area contributed by atoms with Crippen LogP contribution < -0.4 is 10.6 Å². The molecule has 0 atom stereocenters. The number of nitrogens with one attached hydrogen (secondary N) is 2. The molecule has 2 amide bonds. The molecule has 0 aliphatic rings. The molecule has 116 valence electrons. The van der Waals surface area contributed by atoms with Crippen LogP contribution in [0.2, 0.25) is 0 Å². The number of aryl methyl sites for hydroxylation is 1. The van der Waals surface area contributed by atoms with Crippen LogP contribution in [0.1, 0.15) is 22.9 Å². The second-order valence-electron chi connectivity index (χ2n) is 5.18. The Labute approximate surface area is 134 Å². The molecule has 1 aromatic heterocycles. The molecule has 5 heteroatoms. The molecule has 0 fully saturated rings.